The van der Waals surface area contributed by atoms with Crippen LogP contribution in [0.3, 0.4) is 0 Å². The van der Waals surface area contributed by atoms with Crippen molar-refractivity contribution < 1.29 is 8.42 Å². The molecule has 17 heavy (non-hydrogen) atoms. The lowest BCUT2D eigenvalue weighted by Crippen LogP contribution is -2.44. The van der Waals surface area contributed by atoms with Gasteiger partial charge in [0.2, 0.25) is 10.0 Å². The van der Waals surface area contributed by atoms with Crippen LogP contribution in [0.25, 0.3) is 0 Å². The van der Waals surface area contributed by atoms with Crippen molar-refractivity contribution in [1.29, 1.82) is 0 Å². The standard InChI is InChI=1S/C11H19N3O2S/c1-9(12)10-3-2-6-14(8-10)17(15,16)11-4-5-13-7-11/h4-5,7,9-10,13H,2-3,6,8,12H2,1H3. The number of sulfonamides is 1. The summed E-state index contributed by atoms with van der Waals surface area (Å²) in [6.45, 7) is 3.07. The van der Waals surface area contributed by atoms with Crippen LogP contribution < -0.4 is 5.73 Å². The molecule has 1 aliphatic heterocycles. The van der Waals surface area contributed by atoms with E-state index in [4.69, 9.17) is 5.73 Å². The molecular formula is C11H19N3O2S. The largest absolute Gasteiger partial charge is 0.366 e. The van der Waals surface area contributed by atoms with Gasteiger partial charge in [-0.2, -0.15) is 4.31 Å². The molecule has 2 unspecified atom stereocenters. The summed E-state index contributed by atoms with van der Waals surface area (Å²) in [5, 5.41) is 0. The van der Waals surface area contributed by atoms with Gasteiger partial charge in [0.15, 0.2) is 0 Å². The molecule has 0 saturated carbocycles. The molecule has 6 heteroatoms. The predicted molar refractivity (Wildman–Crippen MR) is 65.9 cm³/mol. The van der Waals surface area contributed by atoms with Crippen molar-refractivity contribution in [2.45, 2.75) is 30.7 Å². The molecule has 1 aromatic rings. The van der Waals surface area contributed by atoms with Crippen LogP contribution in [0.1, 0.15) is 19.8 Å². The fourth-order valence-electron chi connectivity index (χ4n) is 2.24. The summed E-state index contributed by atoms with van der Waals surface area (Å²) in [7, 11) is -3.34. The molecule has 0 radical (unpaired) electrons. The molecule has 5 nitrogen and oxygen atoms in total. The molecule has 0 amide bonds. The fourth-order valence-corrected chi connectivity index (χ4v) is 3.75. The van der Waals surface area contributed by atoms with Crippen LogP contribution in [-0.4, -0.2) is 36.8 Å². The summed E-state index contributed by atoms with van der Waals surface area (Å²) in [5.41, 5.74) is 5.86. The molecule has 1 aliphatic rings. The Balaban J connectivity index is 2.17. The van der Waals surface area contributed by atoms with Gasteiger partial charge >= 0.3 is 0 Å². The Bertz CT molecular complexity index is 453. The van der Waals surface area contributed by atoms with Crippen LogP contribution in [0.2, 0.25) is 0 Å². The summed E-state index contributed by atoms with van der Waals surface area (Å²) in [6, 6.07) is 1.63. The molecule has 0 spiro atoms. The number of hydrogen-bond acceptors (Lipinski definition) is 3. The minimum atomic E-state index is -3.34. The highest BCUT2D eigenvalue weighted by Gasteiger charge is 2.31. The smallest absolute Gasteiger partial charge is 0.244 e. The molecule has 0 aromatic carbocycles. The lowest BCUT2D eigenvalue weighted by atomic mass is 9.93. The highest BCUT2D eigenvalue weighted by Crippen LogP contribution is 2.24. The Labute approximate surface area is 102 Å². The van der Waals surface area contributed by atoms with Gasteiger partial charge in [-0.3, -0.25) is 0 Å². The first-order valence-corrected chi connectivity index (χ1v) is 7.34. The summed E-state index contributed by atoms with van der Waals surface area (Å²) in [6.07, 6.45) is 5.04. The molecule has 1 fully saturated rings. The molecule has 0 aliphatic carbocycles. The Hall–Kier alpha value is -0.850. The van der Waals surface area contributed by atoms with Gasteiger partial charge < -0.3 is 10.7 Å². The molecule has 2 rings (SSSR count). The van der Waals surface area contributed by atoms with Gasteiger partial charge in [-0.05, 0) is 31.7 Å². The van der Waals surface area contributed by atoms with Gasteiger partial charge in [0.1, 0.15) is 0 Å². The lowest BCUT2D eigenvalue weighted by Gasteiger charge is -2.33. The second kappa shape index (κ2) is 4.80. The second-order valence-electron chi connectivity index (χ2n) is 4.67. The second-order valence-corrected chi connectivity index (χ2v) is 6.61. The average Bonchev–Trinajstić information content (AvgIpc) is 2.83. The van der Waals surface area contributed by atoms with E-state index in [9.17, 15) is 8.42 Å². The first-order chi connectivity index (χ1) is 8.01. The van der Waals surface area contributed by atoms with Gasteiger partial charge in [0.25, 0.3) is 0 Å². The van der Waals surface area contributed by atoms with Crippen LogP contribution in [0.4, 0.5) is 0 Å². The van der Waals surface area contributed by atoms with Crippen LogP contribution in [0.5, 0.6) is 0 Å². The highest BCUT2D eigenvalue weighted by atomic mass is 32.2. The normalized spacial score (nSPS) is 24.7. The van der Waals surface area contributed by atoms with Gasteiger partial charge in [0.05, 0.1) is 4.90 Å². The maximum atomic E-state index is 12.3. The zero-order valence-electron chi connectivity index (χ0n) is 9.96. The van der Waals surface area contributed by atoms with Gasteiger partial charge in [-0.1, -0.05) is 0 Å². The highest BCUT2D eigenvalue weighted by molar-refractivity contribution is 7.89. The van der Waals surface area contributed by atoms with E-state index in [1.807, 2.05) is 6.92 Å². The first kappa shape index (κ1) is 12.6. The third-order valence-electron chi connectivity index (χ3n) is 3.37. The molecule has 3 N–H and O–H groups in total. The van der Waals surface area contributed by atoms with Crippen molar-refractivity contribution in [2.75, 3.05) is 13.1 Å². The van der Waals surface area contributed by atoms with Crippen molar-refractivity contribution >= 4 is 10.0 Å². The first-order valence-electron chi connectivity index (χ1n) is 5.90. The number of aromatic nitrogens is 1. The van der Waals surface area contributed by atoms with E-state index in [0.717, 1.165) is 12.8 Å². The van der Waals surface area contributed by atoms with Gasteiger partial charge in [0, 0.05) is 31.5 Å². The minimum Gasteiger partial charge on any atom is -0.366 e. The van der Waals surface area contributed by atoms with Gasteiger partial charge in [-0.25, -0.2) is 8.42 Å². The SMILES string of the molecule is CC(N)C1CCCN(S(=O)(=O)c2cc[nH]c2)C1. The van der Waals surface area contributed by atoms with Crippen molar-refractivity contribution in [3.05, 3.63) is 18.5 Å². The fraction of sp³-hybridized carbons (Fsp3) is 0.636. The zero-order valence-corrected chi connectivity index (χ0v) is 10.8. The Morgan fingerprint density at radius 2 is 2.35 bits per heavy atom. The van der Waals surface area contributed by atoms with Crippen LogP contribution in [0, 0.1) is 5.92 Å². The monoisotopic (exact) mass is 257 g/mol. The average molecular weight is 257 g/mol. The third-order valence-corrected chi connectivity index (χ3v) is 5.23. The predicted octanol–water partition coefficient (Wildman–Crippen LogP) is 0.763. The number of nitrogens with one attached hydrogen (secondary N) is 1. The summed E-state index contributed by atoms with van der Waals surface area (Å²) in [4.78, 5) is 3.11. The lowest BCUT2D eigenvalue weighted by molar-refractivity contribution is 0.243. The molecule has 2 heterocycles. The number of piperidine rings is 1. The van der Waals surface area contributed by atoms with E-state index in [1.165, 1.54) is 6.20 Å². The number of H-pyrrole nitrogens is 1. The third kappa shape index (κ3) is 2.53. The summed E-state index contributed by atoms with van der Waals surface area (Å²) >= 11 is 0. The Morgan fingerprint density at radius 1 is 1.59 bits per heavy atom. The van der Waals surface area contributed by atoms with E-state index < -0.39 is 10.0 Å². The topological polar surface area (TPSA) is 79.2 Å². The van der Waals surface area contributed by atoms with Crippen molar-refractivity contribution in [3.8, 4) is 0 Å². The number of hydrogen-bond donors (Lipinski definition) is 2. The number of nitrogens with two attached hydrogens (primary N) is 1. The zero-order chi connectivity index (χ0) is 12.5. The number of aromatic amines is 1. The van der Waals surface area contributed by atoms with Crippen LogP contribution in [-0.2, 0) is 10.0 Å². The molecule has 0 bridgehead atoms. The van der Waals surface area contributed by atoms with Crippen molar-refractivity contribution in [2.24, 2.45) is 11.7 Å². The number of nitrogens with zero attached hydrogens (tertiary/aromatic N) is 1. The van der Waals surface area contributed by atoms with Crippen LogP contribution >= 0.6 is 0 Å². The maximum Gasteiger partial charge on any atom is 0.244 e. The molecular weight excluding hydrogens is 238 g/mol. The van der Waals surface area contributed by atoms with Crippen LogP contribution in [0.15, 0.2) is 23.4 Å². The van der Waals surface area contributed by atoms with E-state index in [-0.39, 0.29) is 12.0 Å². The van der Waals surface area contributed by atoms with E-state index in [1.54, 1.807) is 16.6 Å². The summed E-state index contributed by atoms with van der Waals surface area (Å²) in [5.74, 6) is 0.262. The molecule has 2 atom stereocenters. The van der Waals surface area contributed by atoms with E-state index in [0.29, 0.717) is 18.0 Å². The molecule has 1 saturated heterocycles. The van der Waals surface area contributed by atoms with E-state index >= 15 is 0 Å². The van der Waals surface area contributed by atoms with E-state index in [2.05, 4.69) is 4.98 Å². The Kier molecular flexibility index (Phi) is 3.56. The van der Waals surface area contributed by atoms with Crippen molar-refractivity contribution in [3.63, 3.8) is 0 Å². The number of rotatable bonds is 3. The van der Waals surface area contributed by atoms with Crippen molar-refractivity contribution in [1.82, 2.24) is 9.29 Å². The van der Waals surface area contributed by atoms with Gasteiger partial charge in [-0.15, -0.1) is 0 Å². The summed E-state index contributed by atoms with van der Waals surface area (Å²) < 4.78 is 26.1. The Morgan fingerprint density at radius 3 is 2.94 bits per heavy atom. The molecule has 96 valence electrons. The quantitative estimate of drug-likeness (QED) is 0.839. The minimum absolute atomic E-state index is 0.0409. The molecule has 1 aromatic heterocycles. The maximum absolute atomic E-state index is 12.3.